The topological polar surface area (TPSA) is 23.5 Å². The Labute approximate surface area is 105 Å². The summed E-state index contributed by atoms with van der Waals surface area (Å²) in [6.07, 6.45) is -4.23. The molecule has 0 aliphatic rings. The van der Waals surface area contributed by atoms with Crippen LogP contribution in [0.4, 0.5) is 18.9 Å². The van der Waals surface area contributed by atoms with Crippen molar-refractivity contribution < 1.29 is 18.3 Å². The third-order valence-corrected chi connectivity index (χ3v) is 2.73. The van der Waals surface area contributed by atoms with Gasteiger partial charge in [-0.05, 0) is 38.0 Å². The molecule has 0 heterocycles. The quantitative estimate of drug-likeness (QED) is 0.899. The van der Waals surface area contributed by atoms with Crippen molar-refractivity contribution in [1.29, 1.82) is 0 Å². The Morgan fingerprint density at radius 3 is 2.28 bits per heavy atom. The van der Waals surface area contributed by atoms with Crippen LogP contribution in [0.1, 0.15) is 25.0 Å². The molecule has 0 fully saturated rings. The monoisotopic (exact) mass is 261 g/mol. The molecule has 5 heteroatoms. The lowest BCUT2D eigenvalue weighted by Crippen LogP contribution is -2.39. The smallest absolute Gasteiger partial charge is 0.392 e. The molecular formula is C13H18F3NO. The minimum absolute atomic E-state index is 0.109. The average Bonchev–Trinajstić information content (AvgIpc) is 2.24. The molecule has 0 atom stereocenters. The zero-order valence-electron chi connectivity index (χ0n) is 10.8. The van der Waals surface area contributed by atoms with Gasteiger partial charge in [0.15, 0.2) is 0 Å². The van der Waals surface area contributed by atoms with Crippen LogP contribution in [-0.4, -0.2) is 23.9 Å². The van der Waals surface area contributed by atoms with E-state index in [1.54, 1.807) is 39.0 Å². The van der Waals surface area contributed by atoms with E-state index in [-0.39, 0.29) is 12.6 Å². The largest absolute Gasteiger partial charge is 0.405 e. The molecule has 0 radical (unpaired) electrons. The molecule has 0 saturated heterocycles. The van der Waals surface area contributed by atoms with E-state index in [9.17, 15) is 13.2 Å². The number of rotatable bonds is 4. The summed E-state index contributed by atoms with van der Waals surface area (Å²) in [5.74, 6) is 0. The Hall–Kier alpha value is -1.23. The van der Waals surface area contributed by atoms with E-state index in [0.29, 0.717) is 11.3 Å². The third-order valence-electron chi connectivity index (χ3n) is 2.73. The maximum atomic E-state index is 12.5. The average molecular weight is 261 g/mol. The zero-order chi connectivity index (χ0) is 13.9. The molecular weight excluding hydrogens is 243 g/mol. The molecule has 0 amide bonds. The van der Waals surface area contributed by atoms with Crippen LogP contribution in [-0.2, 0) is 6.61 Å². The van der Waals surface area contributed by atoms with E-state index in [1.807, 2.05) is 0 Å². The van der Waals surface area contributed by atoms with Crippen LogP contribution in [0, 0.1) is 6.92 Å². The molecule has 18 heavy (non-hydrogen) atoms. The summed E-state index contributed by atoms with van der Waals surface area (Å²) >= 11 is 0. The van der Waals surface area contributed by atoms with Crippen LogP contribution in [0.3, 0.4) is 0 Å². The molecule has 0 spiro atoms. The fourth-order valence-electron chi connectivity index (χ4n) is 1.88. The van der Waals surface area contributed by atoms with E-state index in [4.69, 9.17) is 5.11 Å². The van der Waals surface area contributed by atoms with Crippen LogP contribution in [0.15, 0.2) is 18.2 Å². The van der Waals surface area contributed by atoms with Crippen molar-refractivity contribution in [2.24, 2.45) is 0 Å². The summed E-state index contributed by atoms with van der Waals surface area (Å²) in [6, 6.07) is 4.74. The number of aryl methyl sites for hydroxylation is 1. The molecule has 1 aromatic rings. The van der Waals surface area contributed by atoms with Gasteiger partial charge in [-0.3, -0.25) is 0 Å². The lowest BCUT2D eigenvalue weighted by Gasteiger charge is -2.31. The molecule has 2 nitrogen and oxygen atoms in total. The van der Waals surface area contributed by atoms with E-state index in [2.05, 4.69) is 0 Å². The Morgan fingerprint density at radius 2 is 1.89 bits per heavy atom. The number of halogens is 3. The Bertz CT molecular complexity index is 402. The zero-order valence-corrected chi connectivity index (χ0v) is 10.8. The van der Waals surface area contributed by atoms with Crippen molar-refractivity contribution in [2.45, 2.75) is 39.6 Å². The molecule has 0 bridgehead atoms. The number of anilines is 1. The van der Waals surface area contributed by atoms with E-state index in [1.165, 1.54) is 4.90 Å². The van der Waals surface area contributed by atoms with E-state index in [0.717, 1.165) is 5.56 Å². The standard InChI is InChI=1S/C13H18F3NO/c1-9(2)17(8-13(14,15)16)12-5-4-11(7-18)6-10(12)3/h4-6,9,18H,7-8H2,1-3H3. The molecule has 0 aliphatic carbocycles. The summed E-state index contributed by atoms with van der Waals surface area (Å²) in [4.78, 5) is 1.32. The third kappa shape index (κ3) is 3.91. The highest BCUT2D eigenvalue weighted by Crippen LogP contribution is 2.27. The first-order valence-corrected chi connectivity index (χ1v) is 5.78. The van der Waals surface area contributed by atoms with Crippen LogP contribution in [0.5, 0.6) is 0 Å². The number of benzene rings is 1. The highest BCUT2D eigenvalue weighted by molar-refractivity contribution is 5.55. The van der Waals surface area contributed by atoms with Crippen LogP contribution in [0.25, 0.3) is 0 Å². The Morgan fingerprint density at radius 1 is 1.28 bits per heavy atom. The fraction of sp³-hybridized carbons (Fsp3) is 0.538. The highest BCUT2D eigenvalue weighted by Gasteiger charge is 2.32. The van der Waals surface area contributed by atoms with Gasteiger partial charge in [-0.15, -0.1) is 0 Å². The lowest BCUT2D eigenvalue weighted by atomic mass is 10.1. The van der Waals surface area contributed by atoms with Crippen molar-refractivity contribution in [3.63, 3.8) is 0 Å². The SMILES string of the molecule is Cc1cc(CO)ccc1N(CC(F)(F)F)C(C)C. The molecule has 1 aromatic carbocycles. The van der Waals surface area contributed by atoms with Gasteiger partial charge in [-0.1, -0.05) is 12.1 Å². The summed E-state index contributed by atoms with van der Waals surface area (Å²) in [6.45, 7) is 4.13. The minimum Gasteiger partial charge on any atom is -0.392 e. The number of hydrogen-bond donors (Lipinski definition) is 1. The van der Waals surface area contributed by atoms with Crippen LogP contribution in [0.2, 0.25) is 0 Å². The highest BCUT2D eigenvalue weighted by atomic mass is 19.4. The van der Waals surface area contributed by atoms with Gasteiger partial charge in [0.2, 0.25) is 0 Å². The number of hydrogen-bond acceptors (Lipinski definition) is 2. The maximum Gasteiger partial charge on any atom is 0.405 e. The van der Waals surface area contributed by atoms with E-state index >= 15 is 0 Å². The first-order valence-electron chi connectivity index (χ1n) is 5.78. The van der Waals surface area contributed by atoms with Gasteiger partial charge in [0.05, 0.1) is 6.61 Å². The summed E-state index contributed by atoms with van der Waals surface area (Å²) < 4.78 is 37.6. The minimum atomic E-state index is -4.23. The molecule has 0 aliphatic heterocycles. The summed E-state index contributed by atoms with van der Waals surface area (Å²) in [7, 11) is 0. The van der Waals surface area contributed by atoms with E-state index < -0.39 is 12.7 Å². The number of nitrogens with zero attached hydrogens (tertiary/aromatic N) is 1. The van der Waals surface area contributed by atoms with Gasteiger partial charge in [0.25, 0.3) is 0 Å². The Kier molecular flexibility index (Phi) is 4.62. The predicted octanol–water partition coefficient (Wildman–Crippen LogP) is 3.26. The van der Waals surface area contributed by atoms with Crippen molar-refractivity contribution >= 4 is 5.69 Å². The van der Waals surface area contributed by atoms with Gasteiger partial charge < -0.3 is 10.0 Å². The Balaban J connectivity index is 3.06. The molecule has 0 unspecified atom stereocenters. The maximum absolute atomic E-state index is 12.5. The predicted molar refractivity (Wildman–Crippen MR) is 65.6 cm³/mol. The molecule has 102 valence electrons. The number of aliphatic hydroxyl groups is 1. The second kappa shape index (κ2) is 5.61. The van der Waals surface area contributed by atoms with Crippen molar-refractivity contribution in [2.75, 3.05) is 11.4 Å². The van der Waals surface area contributed by atoms with Gasteiger partial charge in [-0.25, -0.2) is 0 Å². The molecule has 1 N–H and O–H groups in total. The van der Waals surface area contributed by atoms with Gasteiger partial charge >= 0.3 is 6.18 Å². The van der Waals surface area contributed by atoms with Gasteiger partial charge in [0, 0.05) is 11.7 Å². The fourth-order valence-corrected chi connectivity index (χ4v) is 1.88. The number of aliphatic hydroxyl groups excluding tert-OH is 1. The lowest BCUT2D eigenvalue weighted by molar-refractivity contribution is -0.120. The van der Waals surface area contributed by atoms with Crippen molar-refractivity contribution in [3.8, 4) is 0 Å². The van der Waals surface area contributed by atoms with Crippen molar-refractivity contribution in [1.82, 2.24) is 0 Å². The number of alkyl halides is 3. The van der Waals surface area contributed by atoms with Crippen LogP contribution < -0.4 is 4.90 Å². The summed E-state index contributed by atoms with van der Waals surface area (Å²) in [5, 5.41) is 8.99. The normalized spacial score (nSPS) is 12.0. The first-order chi connectivity index (χ1) is 8.24. The van der Waals surface area contributed by atoms with Crippen molar-refractivity contribution in [3.05, 3.63) is 29.3 Å². The summed E-state index contributed by atoms with van der Waals surface area (Å²) in [5.41, 5.74) is 1.99. The van der Waals surface area contributed by atoms with Crippen LogP contribution >= 0.6 is 0 Å². The van der Waals surface area contributed by atoms with Gasteiger partial charge in [-0.2, -0.15) is 13.2 Å². The molecule has 0 saturated carbocycles. The molecule has 1 rings (SSSR count). The second-order valence-electron chi connectivity index (χ2n) is 4.62. The molecule has 0 aromatic heterocycles. The first kappa shape index (κ1) is 14.8. The van der Waals surface area contributed by atoms with Gasteiger partial charge in [0.1, 0.15) is 6.54 Å². The second-order valence-corrected chi connectivity index (χ2v) is 4.62.